The van der Waals surface area contributed by atoms with Gasteiger partial charge in [0, 0.05) is 74.6 Å². The first-order valence-electron chi connectivity index (χ1n) is 13.0. The van der Waals surface area contributed by atoms with Gasteiger partial charge in [-0.3, -0.25) is 4.99 Å². The van der Waals surface area contributed by atoms with Gasteiger partial charge in [0.15, 0.2) is 0 Å². The number of fused-ring (bicyclic) bond motifs is 1. The number of allylic oxidation sites excluding steroid dienone is 2. The number of rotatable bonds is 8. The van der Waals surface area contributed by atoms with Crippen molar-refractivity contribution < 1.29 is 4.74 Å². The van der Waals surface area contributed by atoms with Crippen LogP contribution in [-0.2, 0) is 12.8 Å². The molecule has 0 radical (unpaired) electrons. The number of hydrogen-bond donors (Lipinski definition) is 3. The summed E-state index contributed by atoms with van der Waals surface area (Å²) in [6.45, 7) is 6.50. The maximum absolute atomic E-state index is 6.57. The monoisotopic (exact) mass is 497 g/mol. The van der Waals surface area contributed by atoms with E-state index in [9.17, 15) is 0 Å². The van der Waals surface area contributed by atoms with Crippen LogP contribution >= 0.6 is 0 Å². The molecule has 8 nitrogen and oxygen atoms in total. The third kappa shape index (κ3) is 5.59. The molecule has 4 N–H and O–H groups in total. The molecule has 1 aliphatic carbocycles. The predicted molar refractivity (Wildman–Crippen MR) is 151 cm³/mol. The summed E-state index contributed by atoms with van der Waals surface area (Å²) in [5, 5.41) is 6.80. The Morgan fingerprint density at radius 1 is 1.14 bits per heavy atom. The fourth-order valence-electron chi connectivity index (χ4n) is 4.93. The van der Waals surface area contributed by atoms with Crippen LogP contribution in [0.2, 0.25) is 0 Å². The third-order valence-electron chi connectivity index (χ3n) is 6.85. The average molecular weight is 498 g/mol. The second-order valence-corrected chi connectivity index (χ2v) is 9.28. The van der Waals surface area contributed by atoms with Crippen LogP contribution in [0.5, 0.6) is 5.75 Å². The summed E-state index contributed by atoms with van der Waals surface area (Å²) in [5.41, 5.74) is 14.4. The Labute approximate surface area is 218 Å². The van der Waals surface area contributed by atoms with Gasteiger partial charge < -0.3 is 26.0 Å². The van der Waals surface area contributed by atoms with Crippen LogP contribution in [-0.4, -0.2) is 55.5 Å². The lowest BCUT2D eigenvalue weighted by molar-refractivity contribution is 0.342. The third-order valence-corrected chi connectivity index (χ3v) is 6.85. The number of anilines is 3. The van der Waals surface area contributed by atoms with Crippen LogP contribution < -0.4 is 26.0 Å². The molecule has 5 rings (SSSR count). The second-order valence-electron chi connectivity index (χ2n) is 9.28. The van der Waals surface area contributed by atoms with Crippen LogP contribution in [0.25, 0.3) is 5.57 Å². The van der Waals surface area contributed by atoms with Gasteiger partial charge in [-0.2, -0.15) is 0 Å². The molecule has 1 saturated heterocycles. The molecule has 2 aliphatic rings. The van der Waals surface area contributed by atoms with E-state index < -0.39 is 0 Å². The van der Waals surface area contributed by atoms with E-state index in [1.165, 1.54) is 5.56 Å². The van der Waals surface area contributed by atoms with Gasteiger partial charge in [0.25, 0.3) is 0 Å². The summed E-state index contributed by atoms with van der Waals surface area (Å²) in [6, 6.07) is 16.6. The Balaban J connectivity index is 1.44. The molecule has 2 heterocycles. The summed E-state index contributed by atoms with van der Waals surface area (Å²) < 4.78 is 6.00. The Morgan fingerprint density at radius 2 is 1.95 bits per heavy atom. The fourth-order valence-corrected chi connectivity index (χ4v) is 4.93. The van der Waals surface area contributed by atoms with Crippen LogP contribution in [0.1, 0.15) is 30.2 Å². The second kappa shape index (κ2) is 11.4. The largest absolute Gasteiger partial charge is 0.492 e. The highest BCUT2D eigenvalue weighted by Crippen LogP contribution is 2.34. The molecular formula is C29H35N7O. The topological polar surface area (TPSA) is 101 Å². The van der Waals surface area contributed by atoms with E-state index in [1.54, 1.807) is 0 Å². The van der Waals surface area contributed by atoms with Crippen molar-refractivity contribution in [3.05, 3.63) is 77.2 Å². The number of aliphatic imine (C=N–C) groups is 1. The van der Waals surface area contributed by atoms with Crippen molar-refractivity contribution in [1.82, 2.24) is 15.3 Å². The summed E-state index contributed by atoms with van der Waals surface area (Å²) >= 11 is 0. The molecule has 8 heteroatoms. The highest BCUT2D eigenvalue weighted by atomic mass is 16.5. The van der Waals surface area contributed by atoms with Gasteiger partial charge in [-0.15, -0.1) is 0 Å². The smallest absolute Gasteiger partial charge is 0.227 e. The molecule has 1 aromatic heterocycles. The van der Waals surface area contributed by atoms with Crippen LogP contribution in [0.4, 0.5) is 17.3 Å². The maximum atomic E-state index is 6.57. The van der Waals surface area contributed by atoms with Crippen molar-refractivity contribution in [1.29, 1.82) is 0 Å². The molecule has 0 saturated carbocycles. The zero-order valence-corrected chi connectivity index (χ0v) is 21.6. The number of nitrogens with zero attached hydrogens (tertiary/aromatic N) is 4. The number of aryl methyl sites for hydroxylation is 1. The van der Waals surface area contributed by atoms with E-state index in [-0.39, 0.29) is 0 Å². The number of nitrogens with one attached hydrogen (secondary N) is 2. The van der Waals surface area contributed by atoms with Crippen molar-refractivity contribution in [2.75, 3.05) is 50.1 Å². The predicted octanol–water partition coefficient (Wildman–Crippen LogP) is 3.96. The molecule has 2 aromatic carbocycles. The molecule has 0 amide bonds. The number of hydrogen-bond acceptors (Lipinski definition) is 8. The van der Waals surface area contributed by atoms with E-state index in [1.807, 2.05) is 44.4 Å². The van der Waals surface area contributed by atoms with Crippen molar-refractivity contribution >= 4 is 28.6 Å². The van der Waals surface area contributed by atoms with Gasteiger partial charge in [0.1, 0.15) is 5.75 Å². The summed E-state index contributed by atoms with van der Waals surface area (Å²) in [5.74, 6) is 1.30. The minimum atomic E-state index is 0.511. The van der Waals surface area contributed by atoms with Crippen LogP contribution in [0.15, 0.2) is 65.4 Å². The number of piperazine rings is 1. The van der Waals surface area contributed by atoms with Gasteiger partial charge in [-0.1, -0.05) is 30.3 Å². The number of ether oxygens (including phenoxy) is 1. The standard InChI is InChI=1S/C29H35N7O/c1-3-37-26-18-22(36-15-13-32-14-16-36)10-12-24(26)34-29-33-19-21-9-11-23(30)27(28(21)35-29)25(31-2)17-20-7-5-4-6-8-20/h4-8,10,12,18-19,32H,3,9,11,13-17,30H2,1-2H3,(H,33,34,35). The zero-order valence-electron chi connectivity index (χ0n) is 21.6. The van der Waals surface area contributed by atoms with E-state index in [4.69, 9.17) is 15.5 Å². The van der Waals surface area contributed by atoms with E-state index >= 15 is 0 Å². The van der Waals surface area contributed by atoms with Gasteiger partial charge >= 0.3 is 0 Å². The Bertz CT molecular complexity index is 1300. The van der Waals surface area contributed by atoms with Crippen LogP contribution in [0, 0.1) is 0 Å². The highest BCUT2D eigenvalue weighted by Gasteiger charge is 2.24. The van der Waals surface area contributed by atoms with Crippen LogP contribution in [0.3, 0.4) is 0 Å². The van der Waals surface area contributed by atoms with Gasteiger partial charge in [0.2, 0.25) is 5.95 Å². The minimum absolute atomic E-state index is 0.511. The van der Waals surface area contributed by atoms with E-state index in [0.29, 0.717) is 19.0 Å². The minimum Gasteiger partial charge on any atom is -0.492 e. The first-order chi connectivity index (χ1) is 18.2. The van der Waals surface area contributed by atoms with Crippen molar-refractivity contribution in [3.63, 3.8) is 0 Å². The lowest BCUT2D eigenvalue weighted by Gasteiger charge is -2.30. The Hall–Kier alpha value is -3.91. The molecule has 0 unspecified atom stereocenters. The summed E-state index contributed by atoms with van der Waals surface area (Å²) in [6.07, 6.45) is 4.19. The maximum Gasteiger partial charge on any atom is 0.227 e. The average Bonchev–Trinajstić information content (AvgIpc) is 2.94. The first kappa shape index (κ1) is 24.8. The molecular weight excluding hydrogens is 462 g/mol. The fraction of sp³-hybridized carbons (Fsp3) is 0.345. The first-order valence-corrected chi connectivity index (χ1v) is 13.0. The zero-order chi connectivity index (χ0) is 25.6. The van der Waals surface area contributed by atoms with Gasteiger partial charge in [-0.05, 0) is 43.0 Å². The number of aromatic nitrogens is 2. The van der Waals surface area contributed by atoms with Gasteiger partial charge in [-0.25, -0.2) is 9.97 Å². The summed E-state index contributed by atoms with van der Waals surface area (Å²) in [7, 11) is 1.82. The van der Waals surface area contributed by atoms with Crippen molar-refractivity contribution in [3.8, 4) is 5.75 Å². The normalized spacial score (nSPS) is 15.9. The van der Waals surface area contributed by atoms with Gasteiger partial charge in [0.05, 0.1) is 18.0 Å². The molecule has 0 atom stereocenters. The van der Waals surface area contributed by atoms with Crippen molar-refractivity contribution in [2.24, 2.45) is 10.7 Å². The van der Waals surface area contributed by atoms with Crippen molar-refractivity contribution in [2.45, 2.75) is 26.2 Å². The molecule has 37 heavy (non-hydrogen) atoms. The lowest BCUT2D eigenvalue weighted by atomic mass is 9.88. The molecule has 1 aliphatic heterocycles. The number of benzene rings is 2. The summed E-state index contributed by atoms with van der Waals surface area (Å²) in [4.78, 5) is 16.6. The molecule has 0 bridgehead atoms. The molecule has 0 spiro atoms. The highest BCUT2D eigenvalue weighted by molar-refractivity contribution is 6.25. The molecule has 3 aromatic rings. The molecule has 192 valence electrons. The quantitative estimate of drug-likeness (QED) is 0.405. The SMILES string of the molecule is CCOc1cc(N2CCNCC2)ccc1Nc1ncc2c(n1)C(C(Cc1ccccc1)=NC)=C(N)CC2. The Kier molecular flexibility index (Phi) is 7.65. The number of nitrogens with two attached hydrogens (primary N) is 1. The lowest BCUT2D eigenvalue weighted by Crippen LogP contribution is -2.43. The molecule has 1 fully saturated rings. The van der Waals surface area contributed by atoms with E-state index in [2.05, 4.69) is 49.8 Å². The van der Waals surface area contributed by atoms with E-state index in [0.717, 1.165) is 84.4 Å². The Morgan fingerprint density at radius 3 is 2.70 bits per heavy atom.